The van der Waals surface area contributed by atoms with Crippen molar-refractivity contribution in [2.75, 3.05) is 19.1 Å². The highest BCUT2D eigenvalue weighted by Gasteiger charge is 2.50. The quantitative estimate of drug-likeness (QED) is 0.529. The van der Waals surface area contributed by atoms with Crippen molar-refractivity contribution in [3.05, 3.63) is 53.2 Å². The van der Waals surface area contributed by atoms with Crippen molar-refractivity contribution in [2.45, 2.75) is 57.2 Å². The van der Waals surface area contributed by atoms with E-state index in [1.807, 2.05) is 35.8 Å². The summed E-state index contributed by atoms with van der Waals surface area (Å²) in [4.78, 5) is 29.7. The van der Waals surface area contributed by atoms with Crippen LogP contribution in [0.4, 0.5) is 5.69 Å². The van der Waals surface area contributed by atoms with Crippen LogP contribution in [0.1, 0.15) is 49.5 Å². The van der Waals surface area contributed by atoms with Gasteiger partial charge in [0.05, 0.1) is 32.0 Å². The maximum Gasteiger partial charge on any atom is 0.276 e. The first-order valence-electron chi connectivity index (χ1n) is 12.0. The third kappa shape index (κ3) is 4.01. The van der Waals surface area contributed by atoms with Crippen molar-refractivity contribution in [1.82, 2.24) is 9.88 Å². The summed E-state index contributed by atoms with van der Waals surface area (Å²) in [7, 11) is 3.16. The van der Waals surface area contributed by atoms with E-state index in [1.165, 1.54) is 6.42 Å². The van der Waals surface area contributed by atoms with Crippen LogP contribution in [0.25, 0.3) is 10.9 Å². The second-order valence-electron chi connectivity index (χ2n) is 9.58. The summed E-state index contributed by atoms with van der Waals surface area (Å²) < 4.78 is 12.9. The van der Waals surface area contributed by atoms with E-state index in [0.717, 1.165) is 36.6 Å². The fourth-order valence-corrected chi connectivity index (χ4v) is 5.57. The monoisotopic (exact) mass is 495 g/mol. The number of rotatable bonds is 5. The molecule has 35 heavy (non-hydrogen) atoms. The van der Waals surface area contributed by atoms with Crippen LogP contribution in [-0.4, -0.2) is 42.2 Å². The van der Waals surface area contributed by atoms with Crippen LogP contribution in [0, 0.1) is 0 Å². The van der Waals surface area contributed by atoms with E-state index in [0.29, 0.717) is 27.9 Å². The van der Waals surface area contributed by atoms with Crippen LogP contribution in [0.3, 0.4) is 0 Å². The van der Waals surface area contributed by atoms with Crippen LogP contribution < -0.4 is 19.7 Å². The summed E-state index contributed by atoms with van der Waals surface area (Å²) in [5, 5.41) is 4.61. The maximum atomic E-state index is 14.1. The Labute approximate surface area is 209 Å². The smallest absolute Gasteiger partial charge is 0.276 e. The molecule has 0 unspecified atom stereocenters. The number of benzene rings is 2. The van der Waals surface area contributed by atoms with Gasteiger partial charge in [0.2, 0.25) is 5.91 Å². The van der Waals surface area contributed by atoms with Gasteiger partial charge in [0.15, 0.2) is 0 Å². The number of fused-ring (bicyclic) bond motifs is 3. The lowest BCUT2D eigenvalue weighted by Gasteiger charge is -2.45. The summed E-state index contributed by atoms with van der Waals surface area (Å²) in [6.45, 7) is 2.09. The molecule has 0 radical (unpaired) electrons. The molecule has 2 aromatic carbocycles. The van der Waals surface area contributed by atoms with Gasteiger partial charge in [-0.25, -0.2) is 0 Å². The van der Waals surface area contributed by atoms with Crippen molar-refractivity contribution in [2.24, 2.45) is 0 Å². The molecule has 1 atom stereocenters. The number of methoxy groups -OCH3 is 2. The summed E-state index contributed by atoms with van der Waals surface area (Å²) in [5.41, 5.74) is 0.606. The van der Waals surface area contributed by atoms with Crippen molar-refractivity contribution in [3.63, 3.8) is 0 Å². The predicted molar refractivity (Wildman–Crippen MR) is 137 cm³/mol. The molecule has 0 bridgehead atoms. The summed E-state index contributed by atoms with van der Waals surface area (Å²) in [6.07, 6.45) is 5.28. The number of carbonyl (C=O) groups is 2. The molecule has 2 heterocycles. The maximum absolute atomic E-state index is 14.1. The van der Waals surface area contributed by atoms with Gasteiger partial charge < -0.3 is 19.4 Å². The van der Waals surface area contributed by atoms with Crippen molar-refractivity contribution < 1.29 is 19.1 Å². The fraction of sp³-hybridized carbons (Fsp3) is 0.407. The fourth-order valence-electron chi connectivity index (χ4n) is 5.40. The number of ether oxygens (including phenoxy) is 2. The van der Waals surface area contributed by atoms with Gasteiger partial charge in [-0.1, -0.05) is 30.9 Å². The van der Waals surface area contributed by atoms with E-state index in [2.05, 4.69) is 5.32 Å². The Morgan fingerprint density at radius 3 is 2.54 bits per heavy atom. The normalized spacial score (nSPS) is 20.6. The summed E-state index contributed by atoms with van der Waals surface area (Å²) in [5.74, 6) is 0.701. The highest BCUT2D eigenvalue weighted by Crippen LogP contribution is 2.41. The molecule has 0 spiro atoms. The Bertz CT molecular complexity index is 1300. The van der Waals surface area contributed by atoms with Crippen LogP contribution >= 0.6 is 11.6 Å². The zero-order valence-electron chi connectivity index (χ0n) is 20.3. The number of hydrogen-bond donors (Lipinski definition) is 1. The molecule has 5 rings (SSSR count). The summed E-state index contributed by atoms with van der Waals surface area (Å²) in [6, 6.07) is 12.8. The number of anilines is 1. The Morgan fingerprint density at radius 2 is 1.83 bits per heavy atom. The average molecular weight is 496 g/mol. The third-order valence-electron chi connectivity index (χ3n) is 7.30. The van der Waals surface area contributed by atoms with Crippen molar-refractivity contribution in [1.29, 1.82) is 0 Å². The van der Waals surface area contributed by atoms with Gasteiger partial charge >= 0.3 is 0 Å². The molecule has 3 aromatic rings. The van der Waals surface area contributed by atoms with E-state index in [4.69, 9.17) is 21.1 Å². The Balaban J connectivity index is 1.67. The van der Waals surface area contributed by atoms with Gasteiger partial charge in [-0.15, -0.1) is 0 Å². The molecule has 184 valence electrons. The minimum absolute atomic E-state index is 0.106. The van der Waals surface area contributed by atoms with E-state index in [-0.39, 0.29) is 24.4 Å². The molecular weight excluding hydrogens is 466 g/mol. The number of nitrogens with zero attached hydrogens (tertiary/aromatic N) is 2. The lowest BCUT2D eigenvalue weighted by Crippen LogP contribution is -2.65. The second kappa shape index (κ2) is 9.11. The minimum Gasteiger partial charge on any atom is -0.497 e. The van der Waals surface area contributed by atoms with Gasteiger partial charge in [0.1, 0.15) is 22.7 Å². The number of hydrogen-bond acceptors (Lipinski definition) is 4. The van der Waals surface area contributed by atoms with Gasteiger partial charge in [-0.2, -0.15) is 0 Å². The summed E-state index contributed by atoms with van der Waals surface area (Å²) >= 11 is 6.35. The Morgan fingerprint density at radius 1 is 1.06 bits per heavy atom. The Hall–Kier alpha value is -3.19. The number of carbonyl (C=O) groups excluding carboxylic acids is 2. The first-order chi connectivity index (χ1) is 16.9. The second-order valence-corrected chi connectivity index (χ2v) is 10.0. The first kappa shape index (κ1) is 23.5. The standard InChI is InChI=1S/C27H30ClN3O4/c1-27(26(33)29-19-7-5-4-6-8-19)16-30-21-15-20(34-2)11-9-17(21)13-23(30)25(32)31(27)22-14-18(28)10-12-24(22)35-3/h9-15,19H,4-8,16H2,1-3H3,(H,29,33)/t27-/m1/s1. The van der Waals surface area contributed by atoms with Crippen LogP contribution in [0.15, 0.2) is 42.5 Å². The zero-order chi connectivity index (χ0) is 24.7. The lowest BCUT2D eigenvalue weighted by atomic mass is 9.91. The van der Waals surface area contributed by atoms with Crippen LogP contribution in [0.2, 0.25) is 5.02 Å². The van der Waals surface area contributed by atoms with Crippen LogP contribution in [-0.2, 0) is 11.3 Å². The SMILES string of the molecule is COc1ccc2cc3n(c2c1)C[C@](C)(C(=O)NC1CCCCC1)N(c1cc(Cl)ccc1OC)C3=O. The van der Waals surface area contributed by atoms with E-state index in [9.17, 15) is 9.59 Å². The van der Waals surface area contributed by atoms with E-state index >= 15 is 0 Å². The molecule has 1 N–H and O–H groups in total. The molecule has 2 aliphatic rings. The topological polar surface area (TPSA) is 72.8 Å². The molecular formula is C27H30ClN3O4. The zero-order valence-corrected chi connectivity index (χ0v) is 21.0. The Kier molecular flexibility index (Phi) is 6.13. The molecule has 7 nitrogen and oxygen atoms in total. The molecule has 1 aromatic heterocycles. The number of halogens is 1. The molecule has 1 saturated carbocycles. The number of amides is 2. The first-order valence-corrected chi connectivity index (χ1v) is 12.4. The van der Waals surface area contributed by atoms with Crippen LogP contribution in [0.5, 0.6) is 11.5 Å². The predicted octanol–water partition coefficient (Wildman–Crippen LogP) is 5.18. The molecule has 8 heteroatoms. The average Bonchev–Trinajstić information content (AvgIpc) is 3.22. The van der Waals surface area contributed by atoms with Gasteiger partial charge in [-0.05, 0) is 56.2 Å². The number of nitrogens with one attached hydrogen (secondary N) is 1. The third-order valence-corrected chi connectivity index (χ3v) is 7.54. The molecule has 1 aliphatic carbocycles. The van der Waals surface area contributed by atoms with Gasteiger partial charge in [-0.3, -0.25) is 14.5 Å². The highest BCUT2D eigenvalue weighted by molar-refractivity contribution is 6.31. The molecule has 0 saturated heterocycles. The largest absolute Gasteiger partial charge is 0.497 e. The van der Waals surface area contributed by atoms with Gasteiger partial charge in [0.25, 0.3) is 5.91 Å². The van der Waals surface area contributed by atoms with E-state index < -0.39 is 5.54 Å². The lowest BCUT2D eigenvalue weighted by molar-refractivity contribution is -0.127. The van der Waals surface area contributed by atoms with Crippen molar-refractivity contribution in [3.8, 4) is 11.5 Å². The van der Waals surface area contributed by atoms with Crippen molar-refractivity contribution >= 4 is 40.0 Å². The van der Waals surface area contributed by atoms with E-state index in [1.54, 1.807) is 37.3 Å². The minimum atomic E-state index is -1.21. The number of aromatic nitrogens is 1. The molecule has 1 fully saturated rings. The molecule has 2 amide bonds. The van der Waals surface area contributed by atoms with Gasteiger partial charge in [0, 0.05) is 22.5 Å². The highest BCUT2D eigenvalue weighted by atomic mass is 35.5. The molecule has 1 aliphatic heterocycles.